The molecule has 0 aliphatic heterocycles. The lowest BCUT2D eigenvalue weighted by molar-refractivity contribution is 0.566. The van der Waals surface area contributed by atoms with Gasteiger partial charge in [0.25, 0.3) is 0 Å². The minimum atomic E-state index is -3.65. The van der Waals surface area contributed by atoms with E-state index in [2.05, 4.69) is 18.6 Å². The highest BCUT2D eigenvalue weighted by Crippen LogP contribution is 2.18. The van der Waals surface area contributed by atoms with Crippen LogP contribution in [0.25, 0.3) is 0 Å². The van der Waals surface area contributed by atoms with E-state index >= 15 is 0 Å². The molecular weight excluding hydrogens is 327 g/mol. The van der Waals surface area contributed by atoms with Gasteiger partial charge in [-0.05, 0) is 23.1 Å². The molecule has 0 bridgehead atoms. The molecule has 0 fully saturated rings. The van der Waals surface area contributed by atoms with Crippen LogP contribution in [0.4, 0.5) is 4.39 Å². The van der Waals surface area contributed by atoms with Crippen LogP contribution in [0.2, 0.25) is 0 Å². The quantitative estimate of drug-likeness (QED) is 0.806. The summed E-state index contributed by atoms with van der Waals surface area (Å²) in [5.41, 5.74) is 8.24. The maximum Gasteiger partial charge on any atom is 0.215 e. The highest BCUT2D eigenvalue weighted by molar-refractivity contribution is 7.88. The SMILES string of the molecule is CC(C)c1ccc(C(N)CNS(=O)(=O)Cc2ccccc2F)cc1. The zero-order valence-electron chi connectivity index (χ0n) is 13.9. The van der Waals surface area contributed by atoms with Gasteiger partial charge in [-0.25, -0.2) is 17.5 Å². The van der Waals surface area contributed by atoms with Crippen LogP contribution >= 0.6 is 0 Å². The Bertz CT molecular complexity index is 774. The van der Waals surface area contributed by atoms with Crippen molar-refractivity contribution in [3.05, 3.63) is 71.0 Å². The molecule has 0 spiro atoms. The van der Waals surface area contributed by atoms with Crippen molar-refractivity contribution in [2.75, 3.05) is 6.54 Å². The lowest BCUT2D eigenvalue weighted by Crippen LogP contribution is -2.33. The molecule has 2 rings (SSSR count). The largest absolute Gasteiger partial charge is 0.323 e. The first-order chi connectivity index (χ1) is 11.3. The number of sulfonamides is 1. The van der Waals surface area contributed by atoms with E-state index in [1.807, 2.05) is 24.3 Å². The fraction of sp³-hybridized carbons (Fsp3) is 0.333. The van der Waals surface area contributed by atoms with Crippen LogP contribution in [-0.2, 0) is 15.8 Å². The zero-order valence-corrected chi connectivity index (χ0v) is 14.7. The Labute approximate surface area is 142 Å². The summed E-state index contributed by atoms with van der Waals surface area (Å²) in [6.07, 6.45) is 0. The first-order valence-corrected chi connectivity index (χ1v) is 9.50. The van der Waals surface area contributed by atoms with Gasteiger partial charge in [-0.1, -0.05) is 56.3 Å². The van der Waals surface area contributed by atoms with Crippen molar-refractivity contribution >= 4 is 10.0 Å². The molecule has 0 heterocycles. The number of hydrogen-bond donors (Lipinski definition) is 2. The van der Waals surface area contributed by atoms with Crippen LogP contribution in [0.15, 0.2) is 48.5 Å². The third kappa shape index (κ3) is 5.12. The summed E-state index contributed by atoms with van der Waals surface area (Å²) in [4.78, 5) is 0. The van der Waals surface area contributed by atoms with Crippen molar-refractivity contribution in [1.29, 1.82) is 0 Å². The van der Waals surface area contributed by atoms with Crippen LogP contribution < -0.4 is 10.5 Å². The normalized spacial score (nSPS) is 13.2. The maximum absolute atomic E-state index is 13.6. The number of nitrogens with two attached hydrogens (primary N) is 1. The number of halogens is 1. The fourth-order valence-corrected chi connectivity index (χ4v) is 3.51. The van der Waals surface area contributed by atoms with Crippen LogP contribution in [0.5, 0.6) is 0 Å². The second-order valence-corrected chi connectivity index (χ2v) is 7.93. The lowest BCUT2D eigenvalue weighted by atomic mass is 9.99. The fourth-order valence-electron chi connectivity index (χ4n) is 2.33. The third-order valence-corrected chi connectivity index (χ3v) is 5.16. The minimum absolute atomic E-state index is 0.0673. The molecule has 3 N–H and O–H groups in total. The van der Waals surface area contributed by atoms with E-state index in [0.717, 1.165) is 5.56 Å². The van der Waals surface area contributed by atoms with Gasteiger partial charge in [0, 0.05) is 18.2 Å². The summed E-state index contributed by atoms with van der Waals surface area (Å²) in [5.74, 6) is -0.510. The highest BCUT2D eigenvalue weighted by atomic mass is 32.2. The van der Waals surface area contributed by atoms with Gasteiger partial charge in [-0.3, -0.25) is 0 Å². The summed E-state index contributed by atoms with van der Waals surface area (Å²) in [5, 5.41) is 0. The Hall–Kier alpha value is -1.76. The second-order valence-electron chi connectivity index (χ2n) is 6.13. The maximum atomic E-state index is 13.6. The van der Waals surface area contributed by atoms with Crippen molar-refractivity contribution in [3.8, 4) is 0 Å². The van der Waals surface area contributed by atoms with Crippen LogP contribution in [0.1, 0.15) is 42.5 Å². The van der Waals surface area contributed by atoms with Gasteiger partial charge >= 0.3 is 0 Å². The molecular formula is C18H23FN2O2S. The molecule has 1 atom stereocenters. The molecule has 2 aromatic rings. The number of nitrogens with one attached hydrogen (secondary N) is 1. The molecule has 0 aliphatic carbocycles. The van der Waals surface area contributed by atoms with Gasteiger partial charge in [-0.2, -0.15) is 0 Å². The Morgan fingerprint density at radius 2 is 1.62 bits per heavy atom. The Kier molecular flexibility index (Phi) is 6.10. The summed E-state index contributed by atoms with van der Waals surface area (Å²) in [6.45, 7) is 4.27. The predicted octanol–water partition coefficient (Wildman–Crippen LogP) is 3.07. The van der Waals surface area contributed by atoms with Crippen LogP contribution in [0, 0.1) is 5.82 Å². The van der Waals surface area contributed by atoms with E-state index in [-0.39, 0.29) is 12.1 Å². The Balaban J connectivity index is 1.97. The standard InChI is InChI=1S/C18H23FN2O2S/c1-13(2)14-7-9-15(10-8-14)18(20)11-21-24(22,23)12-16-5-3-4-6-17(16)19/h3-10,13,18,21H,11-12,20H2,1-2H3. The molecule has 0 radical (unpaired) electrons. The number of hydrogen-bond acceptors (Lipinski definition) is 3. The Morgan fingerprint density at radius 3 is 2.21 bits per heavy atom. The summed E-state index contributed by atoms with van der Waals surface area (Å²) < 4.78 is 40.2. The second kappa shape index (κ2) is 7.88. The van der Waals surface area contributed by atoms with E-state index in [4.69, 9.17) is 5.73 Å². The molecule has 0 aromatic heterocycles. The molecule has 6 heteroatoms. The summed E-state index contributed by atoms with van der Waals surface area (Å²) in [6, 6.07) is 13.2. The average molecular weight is 350 g/mol. The monoisotopic (exact) mass is 350 g/mol. The highest BCUT2D eigenvalue weighted by Gasteiger charge is 2.16. The van der Waals surface area contributed by atoms with E-state index in [9.17, 15) is 12.8 Å². The van der Waals surface area contributed by atoms with Crippen molar-refractivity contribution in [2.24, 2.45) is 5.73 Å². The molecule has 0 saturated carbocycles. The summed E-state index contributed by atoms with van der Waals surface area (Å²) in [7, 11) is -3.65. The van der Waals surface area contributed by atoms with Crippen molar-refractivity contribution in [3.63, 3.8) is 0 Å². The van der Waals surface area contributed by atoms with Gasteiger partial charge in [0.15, 0.2) is 0 Å². The first kappa shape index (κ1) is 18.6. The zero-order chi connectivity index (χ0) is 17.7. The van der Waals surface area contributed by atoms with Gasteiger partial charge in [-0.15, -0.1) is 0 Å². The van der Waals surface area contributed by atoms with Crippen molar-refractivity contribution in [2.45, 2.75) is 31.6 Å². The summed E-state index contributed by atoms with van der Waals surface area (Å²) >= 11 is 0. The third-order valence-electron chi connectivity index (χ3n) is 3.86. The molecule has 130 valence electrons. The molecule has 4 nitrogen and oxygen atoms in total. The van der Waals surface area contributed by atoms with Gasteiger partial charge < -0.3 is 5.73 Å². The minimum Gasteiger partial charge on any atom is -0.323 e. The smallest absolute Gasteiger partial charge is 0.215 e. The lowest BCUT2D eigenvalue weighted by Gasteiger charge is -2.15. The molecule has 2 aromatic carbocycles. The van der Waals surface area contributed by atoms with Crippen LogP contribution in [0.3, 0.4) is 0 Å². The number of benzene rings is 2. The van der Waals surface area contributed by atoms with Crippen molar-refractivity contribution in [1.82, 2.24) is 4.72 Å². The van der Waals surface area contributed by atoms with E-state index in [0.29, 0.717) is 5.92 Å². The van der Waals surface area contributed by atoms with E-state index < -0.39 is 27.6 Å². The molecule has 0 aliphatic rings. The van der Waals surface area contributed by atoms with Gasteiger partial charge in [0.05, 0.1) is 5.75 Å². The Morgan fingerprint density at radius 1 is 1.04 bits per heavy atom. The van der Waals surface area contributed by atoms with E-state index in [1.54, 1.807) is 6.07 Å². The topological polar surface area (TPSA) is 72.2 Å². The molecule has 1 unspecified atom stereocenters. The van der Waals surface area contributed by atoms with Crippen molar-refractivity contribution < 1.29 is 12.8 Å². The predicted molar refractivity (Wildman–Crippen MR) is 94.5 cm³/mol. The first-order valence-electron chi connectivity index (χ1n) is 7.84. The van der Waals surface area contributed by atoms with Crippen LogP contribution in [-0.4, -0.2) is 15.0 Å². The van der Waals surface area contributed by atoms with Gasteiger partial charge in [0.1, 0.15) is 5.82 Å². The molecule has 0 amide bonds. The molecule has 0 saturated heterocycles. The van der Waals surface area contributed by atoms with E-state index in [1.165, 1.54) is 23.8 Å². The molecule has 24 heavy (non-hydrogen) atoms. The van der Waals surface area contributed by atoms with Gasteiger partial charge in [0.2, 0.25) is 10.0 Å². The average Bonchev–Trinajstić information content (AvgIpc) is 2.55. The number of rotatable bonds is 7.